The minimum Gasteiger partial charge on any atom is -0.314 e. The number of benzene rings is 1. The maximum Gasteiger partial charge on any atom is 0.0129 e. The normalized spacial score (nSPS) is 30.1. The molecule has 16 heavy (non-hydrogen) atoms. The number of nitrogens with one attached hydrogen (secondary N) is 1. The number of rotatable bonds is 5. The Labute approximate surface area is 98.3 Å². The summed E-state index contributed by atoms with van der Waals surface area (Å²) < 4.78 is 0. The van der Waals surface area contributed by atoms with Crippen LogP contribution in [0.15, 0.2) is 30.3 Å². The lowest BCUT2D eigenvalue weighted by atomic mass is 10.0. The summed E-state index contributed by atoms with van der Waals surface area (Å²) in [6.07, 6.45) is 4.31. The van der Waals surface area contributed by atoms with Gasteiger partial charge in [-0.3, -0.25) is 0 Å². The van der Waals surface area contributed by atoms with E-state index in [9.17, 15) is 0 Å². The number of hydrogen-bond donors (Lipinski definition) is 1. The summed E-state index contributed by atoms with van der Waals surface area (Å²) in [6, 6.07) is 11.8. The molecule has 3 unspecified atom stereocenters. The minimum atomic E-state index is 0.801. The third-order valence-electron chi connectivity index (χ3n) is 4.10. The van der Waals surface area contributed by atoms with E-state index in [0.717, 1.165) is 30.3 Å². The zero-order valence-electron chi connectivity index (χ0n) is 10.0. The molecule has 0 aliphatic heterocycles. The Balaban J connectivity index is 1.65. The summed E-state index contributed by atoms with van der Waals surface area (Å²) in [5.74, 6) is 2.74. The summed E-state index contributed by atoms with van der Waals surface area (Å²) >= 11 is 0. The van der Waals surface area contributed by atoms with Gasteiger partial charge in [0.15, 0.2) is 0 Å². The zero-order chi connectivity index (χ0) is 11.0. The average molecular weight is 215 g/mol. The van der Waals surface area contributed by atoms with Gasteiger partial charge in [0.1, 0.15) is 0 Å². The molecule has 0 bridgehead atoms. The molecule has 0 heterocycles. The highest BCUT2D eigenvalue weighted by atomic mass is 14.9. The highest BCUT2D eigenvalue weighted by Crippen LogP contribution is 2.54. The van der Waals surface area contributed by atoms with E-state index in [1.807, 2.05) is 0 Å². The third-order valence-corrected chi connectivity index (χ3v) is 4.10. The lowest BCUT2D eigenvalue weighted by Gasteiger charge is -2.17. The summed E-state index contributed by atoms with van der Waals surface area (Å²) in [6.45, 7) is 3.36. The zero-order valence-corrected chi connectivity index (χ0v) is 10.0. The van der Waals surface area contributed by atoms with E-state index in [1.54, 1.807) is 5.56 Å². The van der Waals surface area contributed by atoms with E-state index in [1.165, 1.54) is 19.3 Å². The van der Waals surface area contributed by atoms with Crippen molar-refractivity contribution in [1.29, 1.82) is 0 Å². The monoisotopic (exact) mass is 215 g/mol. The molecule has 1 heteroatoms. The second-order valence-electron chi connectivity index (χ2n) is 5.34. The molecule has 0 aromatic heterocycles. The van der Waals surface area contributed by atoms with Crippen LogP contribution in [-0.2, 0) is 0 Å². The second-order valence-corrected chi connectivity index (χ2v) is 5.34. The van der Waals surface area contributed by atoms with Crippen LogP contribution < -0.4 is 5.32 Å². The fraction of sp³-hybridized carbons (Fsp3) is 0.600. The Hall–Kier alpha value is -0.820. The smallest absolute Gasteiger partial charge is 0.0129 e. The molecule has 3 atom stereocenters. The predicted octanol–water partition coefficient (Wildman–Crippen LogP) is 3.18. The van der Waals surface area contributed by atoms with Crippen LogP contribution in [0.4, 0.5) is 0 Å². The molecular weight excluding hydrogens is 194 g/mol. The first-order valence-electron chi connectivity index (χ1n) is 6.68. The van der Waals surface area contributed by atoms with Crippen LogP contribution in [0.2, 0.25) is 0 Å². The Morgan fingerprint density at radius 1 is 1.25 bits per heavy atom. The lowest BCUT2D eigenvalue weighted by molar-refractivity contribution is 0.421. The van der Waals surface area contributed by atoms with E-state index < -0.39 is 0 Å². The Morgan fingerprint density at radius 3 is 2.62 bits per heavy atom. The maximum atomic E-state index is 3.71. The average Bonchev–Trinajstić information content (AvgIpc) is 3.20. The molecule has 86 valence electrons. The van der Waals surface area contributed by atoms with Crippen molar-refractivity contribution in [2.45, 2.75) is 38.1 Å². The topological polar surface area (TPSA) is 12.0 Å². The molecule has 0 spiro atoms. The molecule has 0 saturated heterocycles. The molecule has 3 rings (SSSR count). The van der Waals surface area contributed by atoms with Gasteiger partial charge in [0, 0.05) is 6.04 Å². The van der Waals surface area contributed by atoms with Gasteiger partial charge in [-0.15, -0.1) is 0 Å². The Morgan fingerprint density at radius 2 is 2.00 bits per heavy atom. The second kappa shape index (κ2) is 4.21. The van der Waals surface area contributed by atoms with Crippen LogP contribution in [0.25, 0.3) is 0 Å². The first kappa shape index (κ1) is 10.3. The van der Waals surface area contributed by atoms with Crippen molar-refractivity contribution in [2.24, 2.45) is 11.8 Å². The van der Waals surface area contributed by atoms with E-state index in [2.05, 4.69) is 42.6 Å². The van der Waals surface area contributed by atoms with Crippen LogP contribution in [-0.4, -0.2) is 12.6 Å². The van der Waals surface area contributed by atoms with Crippen LogP contribution in [0.1, 0.15) is 37.7 Å². The van der Waals surface area contributed by atoms with Crippen LogP contribution in [0, 0.1) is 11.8 Å². The summed E-state index contributed by atoms with van der Waals surface area (Å²) in [5, 5.41) is 3.71. The van der Waals surface area contributed by atoms with Crippen molar-refractivity contribution in [2.75, 3.05) is 6.54 Å². The molecule has 2 aliphatic carbocycles. The molecule has 1 aromatic rings. The van der Waals surface area contributed by atoms with E-state index >= 15 is 0 Å². The molecule has 2 fully saturated rings. The molecule has 1 nitrogen and oxygen atoms in total. The minimum absolute atomic E-state index is 0.801. The van der Waals surface area contributed by atoms with Gasteiger partial charge in [-0.2, -0.15) is 0 Å². The summed E-state index contributed by atoms with van der Waals surface area (Å²) in [7, 11) is 0. The van der Waals surface area contributed by atoms with Gasteiger partial charge < -0.3 is 5.32 Å². The molecule has 0 amide bonds. The van der Waals surface area contributed by atoms with Gasteiger partial charge in [0.2, 0.25) is 0 Å². The van der Waals surface area contributed by atoms with Gasteiger partial charge >= 0.3 is 0 Å². The highest BCUT2D eigenvalue weighted by Gasteiger charge is 2.48. The van der Waals surface area contributed by atoms with E-state index in [4.69, 9.17) is 0 Å². The first-order valence-corrected chi connectivity index (χ1v) is 6.68. The molecule has 2 saturated carbocycles. The standard InChI is InChI=1S/C15H21N/c1-2-16-15(12-8-9-12)14-10-13(14)11-6-4-3-5-7-11/h3-7,12-16H,2,8-10H2,1H3. The Kier molecular flexibility index (Phi) is 2.72. The fourth-order valence-corrected chi connectivity index (χ4v) is 3.05. The summed E-state index contributed by atoms with van der Waals surface area (Å²) in [5.41, 5.74) is 1.55. The van der Waals surface area contributed by atoms with Crippen molar-refractivity contribution in [3.8, 4) is 0 Å². The van der Waals surface area contributed by atoms with Crippen LogP contribution in [0.5, 0.6) is 0 Å². The quantitative estimate of drug-likeness (QED) is 0.795. The van der Waals surface area contributed by atoms with Crippen molar-refractivity contribution in [3.63, 3.8) is 0 Å². The van der Waals surface area contributed by atoms with Crippen molar-refractivity contribution >= 4 is 0 Å². The van der Waals surface area contributed by atoms with Crippen LogP contribution >= 0.6 is 0 Å². The van der Waals surface area contributed by atoms with Gasteiger partial charge in [-0.1, -0.05) is 37.3 Å². The molecular formula is C15H21N. The molecule has 1 N–H and O–H groups in total. The fourth-order valence-electron chi connectivity index (χ4n) is 3.05. The molecule has 2 aliphatic rings. The first-order chi connectivity index (χ1) is 7.90. The SMILES string of the molecule is CCNC(C1CC1)C1CC1c1ccccc1. The van der Waals surface area contributed by atoms with Gasteiger partial charge in [0.05, 0.1) is 0 Å². The lowest BCUT2D eigenvalue weighted by Crippen LogP contribution is -2.33. The Bertz CT molecular complexity index is 342. The van der Waals surface area contributed by atoms with Crippen molar-refractivity contribution < 1.29 is 0 Å². The van der Waals surface area contributed by atoms with Gasteiger partial charge in [0.25, 0.3) is 0 Å². The number of hydrogen-bond acceptors (Lipinski definition) is 1. The van der Waals surface area contributed by atoms with Crippen LogP contribution in [0.3, 0.4) is 0 Å². The predicted molar refractivity (Wildman–Crippen MR) is 67.5 cm³/mol. The summed E-state index contributed by atoms with van der Waals surface area (Å²) in [4.78, 5) is 0. The van der Waals surface area contributed by atoms with E-state index in [0.29, 0.717) is 0 Å². The highest BCUT2D eigenvalue weighted by molar-refractivity contribution is 5.27. The third kappa shape index (κ3) is 2.01. The van der Waals surface area contributed by atoms with E-state index in [-0.39, 0.29) is 0 Å². The molecule has 0 radical (unpaired) electrons. The maximum absolute atomic E-state index is 3.71. The van der Waals surface area contributed by atoms with Crippen molar-refractivity contribution in [3.05, 3.63) is 35.9 Å². The van der Waals surface area contributed by atoms with Crippen molar-refractivity contribution in [1.82, 2.24) is 5.32 Å². The molecule has 1 aromatic carbocycles. The van der Waals surface area contributed by atoms with Gasteiger partial charge in [-0.05, 0) is 49.1 Å². The largest absolute Gasteiger partial charge is 0.314 e. The van der Waals surface area contributed by atoms with Gasteiger partial charge in [-0.25, -0.2) is 0 Å².